The molecule has 2 aromatic carbocycles. The van der Waals surface area contributed by atoms with Crippen molar-refractivity contribution in [3.05, 3.63) is 60.7 Å². The second kappa shape index (κ2) is 7.09. The third-order valence-electron chi connectivity index (χ3n) is 5.69. The van der Waals surface area contributed by atoms with Gasteiger partial charge in [-0.25, -0.2) is 0 Å². The van der Waals surface area contributed by atoms with Crippen molar-refractivity contribution in [2.45, 2.75) is 37.9 Å². The molecular formula is C22H28N2O. The summed E-state index contributed by atoms with van der Waals surface area (Å²) < 4.78 is 6.63. The summed E-state index contributed by atoms with van der Waals surface area (Å²) in [7, 11) is 0. The number of anilines is 2. The van der Waals surface area contributed by atoms with Gasteiger partial charge in [0.2, 0.25) is 0 Å². The second-order valence-corrected chi connectivity index (χ2v) is 7.37. The number of hydrogen-bond acceptors (Lipinski definition) is 3. The second-order valence-electron chi connectivity index (χ2n) is 7.37. The average Bonchev–Trinajstić information content (AvgIpc) is 2.69. The molecular weight excluding hydrogens is 308 g/mol. The Balaban J connectivity index is 1.49. The molecule has 2 aromatic rings. The minimum absolute atomic E-state index is 0.0000481. The van der Waals surface area contributed by atoms with Gasteiger partial charge >= 0.3 is 0 Å². The molecule has 2 fully saturated rings. The lowest BCUT2D eigenvalue weighted by molar-refractivity contribution is -0.118. The van der Waals surface area contributed by atoms with E-state index in [-0.39, 0.29) is 5.60 Å². The van der Waals surface area contributed by atoms with Crippen LogP contribution in [-0.4, -0.2) is 37.9 Å². The van der Waals surface area contributed by atoms with Crippen LogP contribution in [-0.2, 0) is 4.74 Å². The first-order chi connectivity index (χ1) is 12.3. The van der Waals surface area contributed by atoms with Crippen LogP contribution in [0.25, 0.3) is 0 Å². The first-order valence-electron chi connectivity index (χ1n) is 9.56. The topological polar surface area (TPSA) is 15.7 Å². The first kappa shape index (κ1) is 16.5. The molecule has 2 aliphatic heterocycles. The molecule has 3 nitrogen and oxygen atoms in total. The lowest BCUT2D eigenvalue weighted by atomic mass is 9.87. The predicted molar refractivity (Wildman–Crippen MR) is 104 cm³/mol. The number of nitrogens with zero attached hydrogens (tertiary/aromatic N) is 2. The van der Waals surface area contributed by atoms with Crippen LogP contribution in [0, 0.1) is 0 Å². The lowest BCUT2D eigenvalue weighted by Crippen LogP contribution is -2.59. The van der Waals surface area contributed by atoms with Gasteiger partial charge in [0.25, 0.3) is 0 Å². The van der Waals surface area contributed by atoms with Gasteiger partial charge < -0.3 is 14.5 Å². The van der Waals surface area contributed by atoms with Crippen molar-refractivity contribution in [3.63, 3.8) is 0 Å². The summed E-state index contributed by atoms with van der Waals surface area (Å²) >= 11 is 0. The van der Waals surface area contributed by atoms with Gasteiger partial charge in [-0.3, -0.25) is 0 Å². The Bertz CT molecular complexity index is 665. The molecule has 4 rings (SSSR count). The van der Waals surface area contributed by atoms with Crippen LogP contribution in [0.2, 0.25) is 0 Å². The molecule has 0 radical (unpaired) electrons. The molecule has 3 heteroatoms. The van der Waals surface area contributed by atoms with Crippen LogP contribution in [0.5, 0.6) is 0 Å². The van der Waals surface area contributed by atoms with Crippen LogP contribution >= 0.6 is 0 Å². The van der Waals surface area contributed by atoms with E-state index >= 15 is 0 Å². The summed E-state index contributed by atoms with van der Waals surface area (Å²) in [5.74, 6) is 0. The standard InChI is InChI=1S/C22H28N2O/c1-2-21-17-24(20-11-7-4-8-12-20)18-22(25-21)13-15-23(16-14-22)19-9-5-3-6-10-19/h3-12,21H,2,13-18H2,1H3. The Hall–Kier alpha value is -2.00. The van der Waals surface area contributed by atoms with Gasteiger partial charge in [0.15, 0.2) is 0 Å². The maximum Gasteiger partial charge on any atom is 0.0894 e. The Morgan fingerprint density at radius 2 is 1.44 bits per heavy atom. The number of benzene rings is 2. The summed E-state index contributed by atoms with van der Waals surface area (Å²) in [5, 5.41) is 0. The molecule has 2 aliphatic rings. The van der Waals surface area contributed by atoms with Gasteiger partial charge in [-0.1, -0.05) is 43.3 Å². The Kier molecular flexibility index (Phi) is 4.67. The largest absolute Gasteiger partial charge is 0.371 e. The highest BCUT2D eigenvalue weighted by Gasteiger charge is 2.42. The number of hydrogen-bond donors (Lipinski definition) is 0. The fourth-order valence-electron chi connectivity index (χ4n) is 4.22. The predicted octanol–water partition coefficient (Wildman–Crippen LogP) is 4.34. The Labute approximate surface area is 151 Å². The van der Waals surface area contributed by atoms with Crippen LogP contribution in [0.3, 0.4) is 0 Å². The molecule has 2 heterocycles. The van der Waals surface area contributed by atoms with E-state index in [0.717, 1.165) is 45.4 Å². The third-order valence-corrected chi connectivity index (χ3v) is 5.69. The van der Waals surface area contributed by atoms with Gasteiger partial charge in [-0.05, 0) is 43.5 Å². The van der Waals surface area contributed by atoms with Crippen LogP contribution in [0.1, 0.15) is 26.2 Å². The molecule has 0 aliphatic carbocycles. The molecule has 0 N–H and O–H groups in total. The van der Waals surface area contributed by atoms with E-state index in [1.165, 1.54) is 11.4 Å². The number of morpholine rings is 1. The van der Waals surface area contributed by atoms with E-state index in [2.05, 4.69) is 77.4 Å². The molecule has 1 unspecified atom stereocenters. The highest BCUT2D eigenvalue weighted by atomic mass is 16.5. The Morgan fingerprint density at radius 1 is 0.880 bits per heavy atom. The zero-order valence-corrected chi connectivity index (χ0v) is 15.1. The maximum atomic E-state index is 6.63. The molecule has 0 saturated carbocycles. The molecule has 1 spiro atoms. The number of rotatable bonds is 3. The summed E-state index contributed by atoms with van der Waals surface area (Å²) in [6.45, 7) is 6.40. The van der Waals surface area contributed by atoms with Gasteiger partial charge in [0.05, 0.1) is 11.7 Å². The van der Waals surface area contributed by atoms with Crippen LogP contribution in [0.4, 0.5) is 11.4 Å². The monoisotopic (exact) mass is 336 g/mol. The van der Waals surface area contributed by atoms with Crippen molar-refractivity contribution in [2.75, 3.05) is 36.0 Å². The molecule has 1 atom stereocenters. The zero-order valence-electron chi connectivity index (χ0n) is 15.1. The van der Waals surface area contributed by atoms with E-state index < -0.39 is 0 Å². The first-order valence-corrected chi connectivity index (χ1v) is 9.56. The minimum atomic E-state index is 0.0000481. The molecule has 0 amide bonds. The highest BCUT2D eigenvalue weighted by Crippen LogP contribution is 2.36. The minimum Gasteiger partial charge on any atom is -0.371 e. The summed E-state index contributed by atoms with van der Waals surface area (Å²) in [5.41, 5.74) is 2.66. The highest BCUT2D eigenvalue weighted by molar-refractivity contribution is 5.49. The summed E-state index contributed by atoms with van der Waals surface area (Å²) in [4.78, 5) is 5.03. The van der Waals surface area contributed by atoms with Gasteiger partial charge in [-0.15, -0.1) is 0 Å². The SMILES string of the molecule is CCC1CN(c2ccccc2)CC2(CCN(c3ccccc3)CC2)O1. The van der Waals surface area contributed by atoms with Gasteiger partial charge in [0.1, 0.15) is 0 Å². The van der Waals surface area contributed by atoms with Crippen LogP contribution in [0.15, 0.2) is 60.7 Å². The van der Waals surface area contributed by atoms with E-state index in [9.17, 15) is 0 Å². The summed E-state index contributed by atoms with van der Waals surface area (Å²) in [6, 6.07) is 21.6. The zero-order chi connectivity index (χ0) is 17.1. The molecule has 0 bridgehead atoms. The Morgan fingerprint density at radius 3 is 2.00 bits per heavy atom. The van der Waals surface area contributed by atoms with Crippen molar-refractivity contribution in [1.29, 1.82) is 0 Å². The molecule has 25 heavy (non-hydrogen) atoms. The van der Waals surface area contributed by atoms with Crippen molar-refractivity contribution >= 4 is 11.4 Å². The number of ether oxygens (including phenoxy) is 1. The fourth-order valence-corrected chi connectivity index (χ4v) is 4.22. The molecule has 2 saturated heterocycles. The average molecular weight is 336 g/mol. The van der Waals surface area contributed by atoms with Gasteiger partial charge in [-0.2, -0.15) is 0 Å². The smallest absolute Gasteiger partial charge is 0.0894 e. The summed E-state index contributed by atoms with van der Waals surface area (Å²) in [6.07, 6.45) is 3.61. The van der Waals surface area contributed by atoms with Crippen molar-refractivity contribution in [3.8, 4) is 0 Å². The van der Waals surface area contributed by atoms with Crippen LogP contribution < -0.4 is 9.80 Å². The quantitative estimate of drug-likeness (QED) is 0.829. The lowest BCUT2D eigenvalue weighted by Gasteiger charge is -2.51. The molecule has 132 valence electrons. The fraction of sp³-hybridized carbons (Fsp3) is 0.455. The third kappa shape index (κ3) is 3.52. The van der Waals surface area contributed by atoms with E-state index in [1.54, 1.807) is 0 Å². The maximum absolute atomic E-state index is 6.63. The molecule has 0 aromatic heterocycles. The number of para-hydroxylation sites is 2. The van der Waals surface area contributed by atoms with E-state index in [0.29, 0.717) is 6.10 Å². The number of piperidine rings is 1. The van der Waals surface area contributed by atoms with E-state index in [1.807, 2.05) is 0 Å². The van der Waals surface area contributed by atoms with Crippen molar-refractivity contribution < 1.29 is 4.74 Å². The van der Waals surface area contributed by atoms with Crippen molar-refractivity contribution in [1.82, 2.24) is 0 Å². The van der Waals surface area contributed by atoms with E-state index in [4.69, 9.17) is 4.74 Å². The van der Waals surface area contributed by atoms with Crippen molar-refractivity contribution in [2.24, 2.45) is 0 Å². The normalized spacial score (nSPS) is 23.0. The van der Waals surface area contributed by atoms with Gasteiger partial charge in [0, 0.05) is 37.6 Å².